The number of nitrogens with one attached hydrogen (secondary N) is 1. The topological polar surface area (TPSA) is 75.7 Å². The summed E-state index contributed by atoms with van der Waals surface area (Å²) < 4.78 is 33.0. The Labute approximate surface area is 136 Å². The molecule has 2 fully saturated rings. The molecule has 1 aromatic carbocycles. The summed E-state index contributed by atoms with van der Waals surface area (Å²) >= 11 is 0. The normalized spacial score (nSPS) is 25.5. The molecule has 3 rings (SSSR count). The molecule has 2 aliphatic rings. The van der Waals surface area contributed by atoms with Gasteiger partial charge in [0, 0.05) is 25.7 Å². The Balaban J connectivity index is 1.63. The van der Waals surface area contributed by atoms with Gasteiger partial charge >= 0.3 is 0 Å². The number of piperidine rings is 1. The van der Waals surface area contributed by atoms with E-state index < -0.39 is 10.0 Å². The van der Waals surface area contributed by atoms with Crippen molar-refractivity contribution in [3.05, 3.63) is 30.3 Å². The minimum absolute atomic E-state index is 0.00823. The van der Waals surface area contributed by atoms with Gasteiger partial charge in [-0.2, -0.15) is 0 Å². The van der Waals surface area contributed by atoms with Gasteiger partial charge < -0.3 is 9.64 Å². The maximum atomic E-state index is 12.4. The van der Waals surface area contributed by atoms with Crippen molar-refractivity contribution in [2.24, 2.45) is 0 Å². The van der Waals surface area contributed by atoms with E-state index in [1.54, 1.807) is 35.2 Å². The van der Waals surface area contributed by atoms with Gasteiger partial charge in [0.2, 0.25) is 10.0 Å². The molecule has 2 aliphatic heterocycles. The first-order valence-corrected chi connectivity index (χ1v) is 9.52. The molecule has 1 amide bonds. The highest BCUT2D eigenvalue weighted by molar-refractivity contribution is 7.89. The molecule has 1 N–H and O–H groups in total. The SMILES string of the molecule is O=C([C@@H]1CCCO1)N1CCC[C@@H](NS(=O)(=O)c2ccccc2)C1. The van der Waals surface area contributed by atoms with Crippen LogP contribution in [0.15, 0.2) is 35.2 Å². The van der Waals surface area contributed by atoms with E-state index in [0.717, 1.165) is 25.7 Å². The lowest BCUT2D eigenvalue weighted by atomic mass is 10.1. The number of nitrogens with zero attached hydrogens (tertiary/aromatic N) is 1. The van der Waals surface area contributed by atoms with Crippen LogP contribution in [0.1, 0.15) is 25.7 Å². The van der Waals surface area contributed by atoms with E-state index in [1.165, 1.54) is 0 Å². The molecule has 126 valence electrons. The summed E-state index contributed by atoms with van der Waals surface area (Å²) in [5.74, 6) is -0.00823. The van der Waals surface area contributed by atoms with E-state index in [2.05, 4.69) is 4.72 Å². The van der Waals surface area contributed by atoms with Gasteiger partial charge in [-0.1, -0.05) is 18.2 Å². The summed E-state index contributed by atoms with van der Waals surface area (Å²) in [6.07, 6.45) is 2.85. The third-order valence-electron chi connectivity index (χ3n) is 4.31. The van der Waals surface area contributed by atoms with E-state index in [4.69, 9.17) is 4.74 Å². The Morgan fingerprint density at radius 1 is 1.17 bits per heavy atom. The number of benzene rings is 1. The van der Waals surface area contributed by atoms with Crippen LogP contribution in [0.2, 0.25) is 0 Å². The number of hydrogen-bond acceptors (Lipinski definition) is 4. The third-order valence-corrected chi connectivity index (χ3v) is 5.85. The highest BCUT2D eigenvalue weighted by Crippen LogP contribution is 2.19. The summed E-state index contributed by atoms with van der Waals surface area (Å²) in [4.78, 5) is 14.4. The first-order valence-electron chi connectivity index (χ1n) is 8.04. The van der Waals surface area contributed by atoms with Crippen molar-refractivity contribution >= 4 is 15.9 Å². The van der Waals surface area contributed by atoms with Gasteiger partial charge in [-0.3, -0.25) is 4.79 Å². The van der Waals surface area contributed by atoms with Crippen molar-refractivity contribution in [2.45, 2.75) is 42.7 Å². The van der Waals surface area contributed by atoms with Gasteiger partial charge in [0.25, 0.3) is 5.91 Å². The van der Waals surface area contributed by atoms with Crippen LogP contribution in [-0.4, -0.2) is 51.1 Å². The van der Waals surface area contributed by atoms with Crippen LogP contribution in [0.4, 0.5) is 0 Å². The second-order valence-corrected chi connectivity index (χ2v) is 7.77. The monoisotopic (exact) mass is 338 g/mol. The molecule has 0 unspecified atom stereocenters. The second kappa shape index (κ2) is 6.98. The largest absolute Gasteiger partial charge is 0.368 e. The van der Waals surface area contributed by atoms with Crippen molar-refractivity contribution in [1.82, 2.24) is 9.62 Å². The van der Waals surface area contributed by atoms with Gasteiger partial charge in [-0.15, -0.1) is 0 Å². The van der Waals surface area contributed by atoms with Gasteiger partial charge in [0.15, 0.2) is 0 Å². The van der Waals surface area contributed by atoms with Crippen LogP contribution in [0, 0.1) is 0 Å². The molecule has 0 bridgehead atoms. The summed E-state index contributed by atoms with van der Waals surface area (Å²) in [5, 5.41) is 0. The summed E-state index contributed by atoms with van der Waals surface area (Å²) in [6.45, 7) is 1.71. The first kappa shape index (κ1) is 16.4. The second-order valence-electron chi connectivity index (χ2n) is 6.06. The zero-order valence-electron chi connectivity index (χ0n) is 13.0. The minimum Gasteiger partial charge on any atom is -0.368 e. The molecule has 0 radical (unpaired) electrons. The van der Waals surface area contributed by atoms with Gasteiger partial charge in [-0.05, 0) is 37.8 Å². The lowest BCUT2D eigenvalue weighted by Crippen LogP contribution is -2.51. The number of amides is 1. The van der Waals surface area contributed by atoms with Crippen LogP contribution in [-0.2, 0) is 19.6 Å². The maximum Gasteiger partial charge on any atom is 0.251 e. The van der Waals surface area contributed by atoms with Crippen LogP contribution < -0.4 is 4.72 Å². The third kappa shape index (κ3) is 3.91. The van der Waals surface area contributed by atoms with E-state index in [1.807, 2.05) is 0 Å². The maximum absolute atomic E-state index is 12.4. The predicted octanol–water partition coefficient (Wildman–Crippen LogP) is 1.13. The minimum atomic E-state index is -3.55. The molecule has 6 nitrogen and oxygen atoms in total. The number of carbonyl (C=O) groups is 1. The smallest absolute Gasteiger partial charge is 0.251 e. The zero-order valence-corrected chi connectivity index (χ0v) is 13.8. The van der Waals surface area contributed by atoms with Gasteiger partial charge in [-0.25, -0.2) is 13.1 Å². The Morgan fingerprint density at radius 2 is 1.96 bits per heavy atom. The predicted molar refractivity (Wildman–Crippen MR) is 85.3 cm³/mol. The fraction of sp³-hybridized carbons (Fsp3) is 0.562. The van der Waals surface area contributed by atoms with E-state index in [-0.39, 0.29) is 22.9 Å². The van der Waals surface area contributed by atoms with Crippen LogP contribution in [0.3, 0.4) is 0 Å². The fourth-order valence-corrected chi connectivity index (χ4v) is 4.42. The number of ether oxygens (including phenoxy) is 1. The van der Waals surface area contributed by atoms with Gasteiger partial charge in [0.1, 0.15) is 6.10 Å². The zero-order chi connectivity index (χ0) is 16.3. The Bertz CT molecular complexity index is 641. The van der Waals surface area contributed by atoms with Crippen molar-refractivity contribution in [3.8, 4) is 0 Å². The average Bonchev–Trinajstić information content (AvgIpc) is 3.09. The highest BCUT2D eigenvalue weighted by atomic mass is 32.2. The summed E-state index contributed by atoms with van der Waals surface area (Å²) in [5.41, 5.74) is 0. The van der Waals surface area contributed by atoms with Crippen molar-refractivity contribution in [3.63, 3.8) is 0 Å². The number of sulfonamides is 1. The number of hydrogen-bond donors (Lipinski definition) is 1. The van der Waals surface area contributed by atoms with Crippen LogP contribution >= 0.6 is 0 Å². The standard InChI is InChI=1S/C16H22N2O4S/c19-16(15-9-5-11-22-15)18-10-4-6-13(12-18)17-23(20,21)14-7-2-1-3-8-14/h1-3,7-8,13,15,17H,4-6,9-12H2/t13-,15+/m1/s1. The summed E-state index contributed by atoms with van der Waals surface area (Å²) in [7, 11) is -3.55. The Kier molecular flexibility index (Phi) is 4.99. The molecular formula is C16H22N2O4S. The molecular weight excluding hydrogens is 316 g/mol. The number of rotatable bonds is 4. The van der Waals surface area contributed by atoms with E-state index in [9.17, 15) is 13.2 Å². The molecule has 2 heterocycles. The molecule has 1 aromatic rings. The van der Waals surface area contributed by atoms with Crippen molar-refractivity contribution in [2.75, 3.05) is 19.7 Å². The molecule has 0 aromatic heterocycles. The fourth-order valence-electron chi connectivity index (χ4n) is 3.14. The van der Waals surface area contributed by atoms with Crippen LogP contribution in [0.5, 0.6) is 0 Å². The number of likely N-dealkylation sites (tertiary alicyclic amines) is 1. The number of carbonyl (C=O) groups excluding carboxylic acids is 1. The lowest BCUT2D eigenvalue weighted by Gasteiger charge is -2.34. The molecule has 0 saturated carbocycles. The average molecular weight is 338 g/mol. The van der Waals surface area contributed by atoms with E-state index in [0.29, 0.717) is 19.7 Å². The summed E-state index contributed by atoms with van der Waals surface area (Å²) in [6, 6.07) is 8.06. The van der Waals surface area contributed by atoms with E-state index >= 15 is 0 Å². The molecule has 2 atom stereocenters. The molecule has 2 saturated heterocycles. The molecule has 23 heavy (non-hydrogen) atoms. The van der Waals surface area contributed by atoms with Crippen molar-refractivity contribution < 1.29 is 17.9 Å². The molecule has 7 heteroatoms. The Morgan fingerprint density at radius 3 is 2.65 bits per heavy atom. The molecule has 0 spiro atoms. The first-order chi connectivity index (χ1) is 11.1. The highest BCUT2D eigenvalue weighted by Gasteiger charge is 2.32. The molecule has 0 aliphatic carbocycles. The quantitative estimate of drug-likeness (QED) is 0.893. The van der Waals surface area contributed by atoms with Gasteiger partial charge in [0.05, 0.1) is 4.90 Å². The van der Waals surface area contributed by atoms with Crippen LogP contribution in [0.25, 0.3) is 0 Å². The van der Waals surface area contributed by atoms with Crippen molar-refractivity contribution in [1.29, 1.82) is 0 Å². The Hall–Kier alpha value is -1.44. The lowest BCUT2D eigenvalue weighted by molar-refractivity contribution is -0.142.